The zero-order valence-electron chi connectivity index (χ0n) is 13.8. The number of hydrogen-bond donors (Lipinski definition) is 1. The summed E-state index contributed by atoms with van der Waals surface area (Å²) in [4.78, 5) is 37.7. The van der Waals surface area contributed by atoms with Gasteiger partial charge in [0.05, 0.1) is 23.9 Å². The summed E-state index contributed by atoms with van der Waals surface area (Å²) in [6.07, 6.45) is 2.88. The summed E-state index contributed by atoms with van der Waals surface area (Å²) < 4.78 is 11.3. The fraction of sp³-hybridized carbons (Fsp3) is 0.167. The Morgan fingerprint density at radius 2 is 2.08 bits per heavy atom. The third kappa shape index (κ3) is 3.70. The van der Waals surface area contributed by atoms with Crippen LogP contribution in [0.25, 0.3) is 6.08 Å². The monoisotopic (exact) mass is 418 g/mol. The van der Waals surface area contributed by atoms with Gasteiger partial charge in [-0.2, -0.15) is 0 Å². The van der Waals surface area contributed by atoms with Crippen molar-refractivity contribution in [3.63, 3.8) is 0 Å². The van der Waals surface area contributed by atoms with E-state index in [0.717, 1.165) is 4.90 Å². The molecule has 26 heavy (non-hydrogen) atoms. The van der Waals surface area contributed by atoms with Gasteiger partial charge in [-0.1, -0.05) is 6.07 Å². The number of imide groups is 2. The summed E-state index contributed by atoms with van der Waals surface area (Å²) in [6.45, 7) is 2.33. The lowest BCUT2D eigenvalue weighted by Gasteiger charge is -2.25. The highest BCUT2D eigenvalue weighted by Crippen LogP contribution is 2.27. The standard InChI is InChI=1S/C18H15BrN2O5/c1-2-25-15-6-5-11(9-14(15)19)8-13-16(22)20-18(24)21(17(13)23)10-12-4-3-7-26-12/h3-9H,2,10H2,1H3,(H,20,22,24)/b13-8+. The molecule has 1 fully saturated rings. The zero-order valence-corrected chi connectivity index (χ0v) is 15.4. The Bertz CT molecular complexity index is 889. The summed E-state index contributed by atoms with van der Waals surface area (Å²) in [5.41, 5.74) is 0.485. The van der Waals surface area contributed by atoms with Crippen LogP contribution in [0.5, 0.6) is 5.75 Å². The molecule has 0 atom stereocenters. The van der Waals surface area contributed by atoms with E-state index in [4.69, 9.17) is 9.15 Å². The van der Waals surface area contributed by atoms with Gasteiger partial charge in [0.15, 0.2) is 0 Å². The first kappa shape index (κ1) is 17.9. The number of urea groups is 1. The second-order valence-electron chi connectivity index (χ2n) is 5.41. The van der Waals surface area contributed by atoms with E-state index in [2.05, 4.69) is 21.2 Å². The molecular formula is C18H15BrN2O5. The van der Waals surface area contributed by atoms with E-state index in [0.29, 0.717) is 28.2 Å². The smallest absolute Gasteiger partial charge is 0.331 e. The number of amides is 4. The molecule has 3 rings (SSSR count). The maximum absolute atomic E-state index is 12.6. The minimum atomic E-state index is -0.776. The molecule has 134 valence electrons. The van der Waals surface area contributed by atoms with Crippen LogP contribution in [0.4, 0.5) is 4.79 Å². The van der Waals surface area contributed by atoms with Gasteiger partial charge in [0, 0.05) is 0 Å². The highest BCUT2D eigenvalue weighted by atomic mass is 79.9. The van der Waals surface area contributed by atoms with Gasteiger partial charge >= 0.3 is 6.03 Å². The molecule has 1 saturated heterocycles. The molecule has 7 nitrogen and oxygen atoms in total. The number of carbonyl (C=O) groups is 3. The van der Waals surface area contributed by atoms with Crippen LogP contribution in [-0.4, -0.2) is 29.4 Å². The van der Waals surface area contributed by atoms with Gasteiger partial charge in [-0.15, -0.1) is 0 Å². The Balaban J connectivity index is 1.88. The Morgan fingerprint density at radius 3 is 2.73 bits per heavy atom. The number of rotatable bonds is 5. The molecule has 1 N–H and O–H groups in total. The molecule has 1 aromatic carbocycles. The van der Waals surface area contributed by atoms with Crippen molar-refractivity contribution in [2.24, 2.45) is 0 Å². The van der Waals surface area contributed by atoms with Gasteiger partial charge < -0.3 is 9.15 Å². The van der Waals surface area contributed by atoms with Gasteiger partial charge in [-0.05, 0) is 58.8 Å². The van der Waals surface area contributed by atoms with Crippen LogP contribution in [0.2, 0.25) is 0 Å². The topological polar surface area (TPSA) is 88.8 Å². The molecule has 0 spiro atoms. The molecule has 0 unspecified atom stereocenters. The highest BCUT2D eigenvalue weighted by molar-refractivity contribution is 9.10. The number of nitrogens with one attached hydrogen (secondary N) is 1. The fourth-order valence-corrected chi connectivity index (χ4v) is 2.95. The second kappa shape index (κ2) is 7.57. The average molecular weight is 419 g/mol. The lowest BCUT2D eigenvalue weighted by atomic mass is 10.1. The lowest BCUT2D eigenvalue weighted by molar-refractivity contribution is -0.130. The number of halogens is 1. The number of nitrogens with zero attached hydrogens (tertiary/aromatic N) is 1. The van der Waals surface area contributed by atoms with Crippen molar-refractivity contribution in [3.05, 3.63) is 58.0 Å². The van der Waals surface area contributed by atoms with Crippen molar-refractivity contribution in [3.8, 4) is 5.75 Å². The SMILES string of the molecule is CCOc1ccc(/C=C2\C(=O)NC(=O)N(Cc3ccco3)C2=O)cc1Br. The van der Waals surface area contributed by atoms with Crippen molar-refractivity contribution in [1.82, 2.24) is 10.2 Å². The Hall–Kier alpha value is -2.87. The predicted octanol–water partition coefficient (Wildman–Crippen LogP) is 3.10. The Labute approximate surface area is 157 Å². The molecule has 4 amide bonds. The van der Waals surface area contributed by atoms with Gasteiger partial charge in [0.25, 0.3) is 11.8 Å². The maximum Gasteiger partial charge on any atom is 0.331 e. The Morgan fingerprint density at radius 1 is 1.27 bits per heavy atom. The predicted molar refractivity (Wildman–Crippen MR) is 96.1 cm³/mol. The number of benzene rings is 1. The molecule has 0 aliphatic carbocycles. The number of carbonyl (C=O) groups excluding carboxylic acids is 3. The van der Waals surface area contributed by atoms with E-state index >= 15 is 0 Å². The molecule has 0 radical (unpaired) electrons. The highest BCUT2D eigenvalue weighted by Gasteiger charge is 2.36. The molecule has 8 heteroatoms. The molecule has 0 bridgehead atoms. The summed E-state index contributed by atoms with van der Waals surface area (Å²) in [5, 5.41) is 2.17. The first-order valence-corrected chi connectivity index (χ1v) is 8.62. The van der Waals surface area contributed by atoms with Crippen LogP contribution in [0, 0.1) is 0 Å². The minimum absolute atomic E-state index is 0.0603. The van der Waals surface area contributed by atoms with Crippen molar-refractivity contribution >= 4 is 39.9 Å². The number of furan rings is 1. The van der Waals surface area contributed by atoms with Crippen LogP contribution >= 0.6 is 15.9 Å². The van der Waals surface area contributed by atoms with Crippen LogP contribution in [0.3, 0.4) is 0 Å². The largest absolute Gasteiger partial charge is 0.493 e. The average Bonchev–Trinajstić information content (AvgIpc) is 3.11. The summed E-state index contributed by atoms with van der Waals surface area (Å²) in [7, 11) is 0. The van der Waals surface area contributed by atoms with Gasteiger partial charge in [0.2, 0.25) is 0 Å². The maximum atomic E-state index is 12.6. The summed E-state index contributed by atoms with van der Waals surface area (Å²) >= 11 is 3.39. The molecular weight excluding hydrogens is 404 g/mol. The first-order valence-electron chi connectivity index (χ1n) is 7.83. The van der Waals surface area contributed by atoms with Crippen LogP contribution in [0.1, 0.15) is 18.2 Å². The minimum Gasteiger partial charge on any atom is -0.493 e. The third-order valence-corrected chi connectivity index (χ3v) is 4.27. The number of hydrogen-bond acceptors (Lipinski definition) is 5. The van der Waals surface area contributed by atoms with Crippen LogP contribution in [0.15, 0.2) is 51.1 Å². The zero-order chi connectivity index (χ0) is 18.7. The van der Waals surface area contributed by atoms with E-state index in [1.807, 2.05) is 6.92 Å². The normalized spacial score (nSPS) is 16.2. The van der Waals surface area contributed by atoms with Crippen molar-refractivity contribution < 1.29 is 23.5 Å². The van der Waals surface area contributed by atoms with Gasteiger partial charge in [-0.25, -0.2) is 4.79 Å². The first-order chi connectivity index (χ1) is 12.5. The van der Waals surface area contributed by atoms with Crippen molar-refractivity contribution in [2.45, 2.75) is 13.5 Å². The quantitative estimate of drug-likeness (QED) is 0.595. The second-order valence-corrected chi connectivity index (χ2v) is 6.27. The fourth-order valence-electron chi connectivity index (χ4n) is 2.44. The Kier molecular flexibility index (Phi) is 5.22. The molecule has 2 aromatic rings. The lowest BCUT2D eigenvalue weighted by Crippen LogP contribution is -2.53. The van der Waals surface area contributed by atoms with Crippen molar-refractivity contribution in [1.29, 1.82) is 0 Å². The van der Waals surface area contributed by atoms with E-state index < -0.39 is 17.8 Å². The van der Waals surface area contributed by atoms with Crippen LogP contribution in [-0.2, 0) is 16.1 Å². The van der Waals surface area contributed by atoms with E-state index in [1.54, 1.807) is 30.3 Å². The van der Waals surface area contributed by atoms with Crippen LogP contribution < -0.4 is 10.1 Å². The molecule has 1 aliphatic heterocycles. The molecule has 0 saturated carbocycles. The molecule has 2 heterocycles. The van der Waals surface area contributed by atoms with E-state index in [-0.39, 0.29) is 12.1 Å². The van der Waals surface area contributed by atoms with Gasteiger partial charge in [-0.3, -0.25) is 19.8 Å². The van der Waals surface area contributed by atoms with E-state index in [1.165, 1.54) is 12.3 Å². The number of barbiturate groups is 1. The molecule has 1 aromatic heterocycles. The number of ether oxygens (including phenoxy) is 1. The molecule has 1 aliphatic rings. The van der Waals surface area contributed by atoms with Crippen molar-refractivity contribution in [2.75, 3.05) is 6.61 Å². The van der Waals surface area contributed by atoms with Gasteiger partial charge in [0.1, 0.15) is 17.1 Å². The summed E-state index contributed by atoms with van der Waals surface area (Å²) in [5.74, 6) is -0.324. The van der Waals surface area contributed by atoms with E-state index in [9.17, 15) is 14.4 Å². The summed E-state index contributed by atoms with van der Waals surface area (Å²) in [6, 6.07) is 7.70. The third-order valence-electron chi connectivity index (χ3n) is 3.65.